The van der Waals surface area contributed by atoms with Crippen LogP contribution in [0.15, 0.2) is 45.6 Å². The molecular formula is C26H29F3N4O6S. The van der Waals surface area contributed by atoms with Crippen LogP contribution >= 0.6 is 0 Å². The number of anilines is 1. The average Bonchev–Trinajstić information content (AvgIpc) is 2.89. The maximum atomic E-state index is 15.4. The van der Waals surface area contributed by atoms with Crippen LogP contribution in [0.2, 0.25) is 0 Å². The molecule has 2 aromatic carbocycles. The summed E-state index contributed by atoms with van der Waals surface area (Å²) >= 11 is 0. The van der Waals surface area contributed by atoms with Crippen molar-refractivity contribution in [3.05, 3.63) is 69.3 Å². The maximum Gasteiger partial charge on any atom is 0.414 e. The Bertz CT molecular complexity index is 1580. The van der Waals surface area contributed by atoms with Gasteiger partial charge < -0.3 is 14.1 Å². The summed E-state index contributed by atoms with van der Waals surface area (Å²) in [6.45, 7) is 0.280. The molecule has 1 aromatic heterocycles. The number of hydrogen-bond acceptors (Lipinski definition) is 7. The number of fused-ring (bicyclic) bond motifs is 1. The fourth-order valence-electron chi connectivity index (χ4n) is 4.34. The molecule has 0 unspecified atom stereocenters. The van der Waals surface area contributed by atoms with Gasteiger partial charge in [0, 0.05) is 77.1 Å². The number of amides is 1. The van der Waals surface area contributed by atoms with Gasteiger partial charge in [0.05, 0.1) is 5.69 Å². The van der Waals surface area contributed by atoms with E-state index in [-0.39, 0.29) is 67.0 Å². The number of carbonyl (C=O) groups is 1. The number of rotatable bonds is 8. The molecular weight excluding hydrogens is 553 g/mol. The number of nitrogens with zero attached hydrogens (tertiary/aromatic N) is 2. The molecule has 1 aliphatic rings. The highest BCUT2D eigenvalue weighted by Gasteiger charge is 2.34. The van der Waals surface area contributed by atoms with Crippen LogP contribution in [0, 0.1) is 5.82 Å². The largest absolute Gasteiger partial charge is 0.422 e. The summed E-state index contributed by atoms with van der Waals surface area (Å²) in [5, 5.41) is 0.462. The van der Waals surface area contributed by atoms with Crippen LogP contribution in [-0.4, -0.2) is 64.5 Å². The Morgan fingerprint density at radius 2 is 1.85 bits per heavy atom. The zero-order chi connectivity index (χ0) is 29.2. The van der Waals surface area contributed by atoms with E-state index in [1.54, 1.807) is 11.0 Å². The monoisotopic (exact) mass is 582 g/mol. The fraction of sp³-hybridized carbons (Fsp3) is 0.385. The predicted octanol–water partition coefficient (Wildman–Crippen LogP) is 3.69. The Labute approximate surface area is 228 Å². The lowest BCUT2D eigenvalue weighted by Gasteiger charge is -2.32. The third kappa shape index (κ3) is 6.74. The molecule has 1 saturated heterocycles. The molecule has 1 amide bonds. The van der Waals surface area contributed by atoms with Crippen LogP contribution in [0.1, 0.15) is 29.5 Å². The molecule has 1 fully saturated rings. The van der Waals surface area contributed by atoms with Gasteiger partial charge in [-0.2, -0.15) is 8.42 Å². The van der Waals surface area contributed by atoms with Gasteiger partial charge in [-0.25, -0.2) is 27.5 Å². The first-order chi connectivity index (χ1) is 18.8. The summed E-state index contributed by atoms with van der Waals surface area (Å²) in [4.78, 5) is 28.2. The summed E-state index contributed by atoms with van der Waals surface area (Å²) in [5.41, 5.74) is -0.444. The van der Waals surface area contributed by atoms with E-state index in [0.29, 0.717) is 10.9 Å². The van der Waals surface area contributed by atoms with E-state index in [1.165, 1.54) is 56.4 Å². The van der Waals surface area contributed by atoms with Crippen LogP contribution in [0.3, 0.4) is 0 Å². The zero-order valence-electron chi connectivity index (χ0n) is 22.1. The van der Waals surface area contributed by atoms with Crippen molar-refractivity contribution in [1.82, 2.24) is 14.5 Å². The zero-order valence-corrected chi connectivity index (χ0v) is 22.9. The number of benzene rings is 2. The van der Waals surface area contributed by atoms with Gasteiger partial charge in [0.2, 0.25) is 0 Å². The number of alkyl halides is 2. The van der Waals surface area contributed by atoms with E-state index in [4.69, 9.17) is 9.15 Å². The molecule has 0 bridgehead atoms. The number of halogens is 3. The van der Waals surface area contributed by atoms with E-state index in [1.807, 2.05) is 4.72 Å². The molecule has 0 spiro atoms. The number of hydrogen-bond donors (Lipinski definition) is 2. The molecule has 2 heterocycles. The van der Waals surface area contributed by atoms with Crippen molar-refractivity contribution in [1.29, 1.82) is 0 Å². The summed E-state index contributed by atoms with van der Waals surface area (Å²) < 4.78 is 81.7. The van der Waals surface area contributed by atoms with E-state index in [0.717, 1.165) is 0 Å². The molecule has 1 aliphatic heterocycles. The first kappa shape index (κ1) is 29.4. The third-order valence-electron chi connectivity index (χ3n) is 6.59. The minimum atomic E-state index is -4.00. The number of carbonyl (C=O) groups excluding carboxylic acids is 1. The molecule has 4 rings (SSSR count). The number of ether oxygens (including phenoxy) is 1. The van der Waals surface area contributed by atoms with Crippen LogP contribution < -0.4 is 19.8 Å². The minimum Gasteiger partial charge on any atom is -0.422 e. The molecule has 3 aromatic rings. The van der Waals surface area contributed by atoms with Crippen LogP contribution in [0.25, 0.3) is 11.0 Å². The molecule has 0 aliphatic carbocycles. The second-order valence-electron chi connectivity index (χ2n) is 9.66. The number of nitrogens with one attached hydrogen (secondary N) is 2. The maximum absolute atomic E-state index is 15.4. The lowest BCUT2D eigenvalue weighted by Crippen LogP contribution is -2.39. The van der Waals surface area contributed by atoms with Gasteiger partial charge in [-0.1, -0.05) is 12.1 Å². The highest BCUT2D eigenvalue weighted by atomic mass is 32.2. The topological polar surface area (TPSA) is 121 Å². The van der Waals surface area contributed by atoms with Crippen molar-refractivity contribution < 1.29 is 35.5 Å². The molecule has 40 heavy (non-hydrogen) atoms. The van der Waals surface area contributed by atoms with Crippen molar-refractivity contribution in [2.45, 2.75) is 31.7 Å². The van der Waals surface area contributed by atoms with Gasteiger partial charge in [-0.05, 0) is 29.3 Å². The lowest BCUT2D eigenvalue weighted by atomic mass is 9.96. The second-order valence-corrected chi connectivity index (χ2v) is 11.3. The minimum absolute atomic E-state index is 0.0194. The normalized spacial score (nSPS) is 15.7. The van der Waals surface area contributed by atoms with Gasteiger partial charge in [0.25, 0.3) is 16.1 Å². The Balaban J connectivity index is 1.78. The molecule has 216 valence electrons. The van der Waals surface area contributed by atoms with Gasteiger partial charge in [0.15, 0.2) is 5.82 Å². The first-order valence-electron chi connectivity index (χ1n) is 12.3. The Kier molecular flexibility index (Phi) is 8.42. The van der Waals surface area contributed by atoms with Crippen molar-refractivity contribution in [2.75, 3.05) is 39.0 Å². The second kappa shape index (κ2) is 11.5. The molecule has 14 heteroatoms. The van der Waals surface area contributed by atoms with Crippen molar-refractivity contribution in [3.63, 3.8) is 0 Å². The quantitative estimate of drug-likeness (QED) is 0.389. The molecule has 0 atom stereocenters. The van der Waals surface area contributed by atoms with Crippen molar-refractivity contribution in [3.8, 4) is 5.75 Å². The van der Waals surface area contributed by atoms with E-state index in [2.05, 4.69) is 4.72 Å². The van der Waals surface area contributed by atoms with Crippen LogP contribution in [0.5, 0.6) is 5.75 Å². The summed E-state index contributed by atoms with van der Waals surface area (Å²) in [6.07, 6.45) is -1.57. The summed E-state index contributed by atoms with van der Waals surface area (Å²) in [6, 6.07) is 8.56. The SMILES string of the molecule is CNS(=O)(=O)Nc1cccc(Cc2c(CN3CCC(F)(F)CC3)c3ccc(OC(=O)N(C)C)cc3oc2=O)c1F. The average molecular weight is 583 g/mol. The van der Waals surface area contributed by atoms with Crippen molar-refractivity contribution >= 4 is 33.0 Å². The molecule has 2 N–H and O–H groups in total. The van der Waals surface area contributed by atoms with Gasteiger partial charge in [0.1, 0.15) is 11.3 Å². The fourth-order valence-corrected chi connectivity index (χ4v) is 4.89. The van der Waals surface area contributed by atoms with Gasteiger partial charge in [-0.15, -0.1) is 0 Å². The van der Waals surface area contributed by atoms with E-state index >= 15 is 4.39 Å². The van der Waals surface area contributed by atoms with Crippen LogP contribution in [-0.2, 0) is 23.2 Å². The smallest absolute Gasteiger partial charge is 0.414 e. The Morgan fingerprint density at radius 3 is 2.50 bits per heavy atom. The van der Waals surface area contributed by atoms with E-state index < -0.39 is 33.7 Å². The number of likely N-dealkylation sites (tertiary alicyclic amines) is 1. The summed E-state index contributed by atoms with van der Waals surface area (Å²) in [7, 11) is 0.178. The lowest BCUT2D eigenvalue weighted by molar-refractivity contribution is -0.0566. The highest BCUT2D eigenvalue weighted by molar-refractivity contribution is 7.90. The van der Waals surface area contributed by atoms with E-state index in [9.17, 15) is 26.8 Å². The standard InChI is InChI=1S/C26H29F3N4O6S/c1-30-40(36,37)31-21-6-4-5-16(23(21)27)13-19-20(15-33-11-9-26(28,29)10-12-33)18-8-7-17(38-25(35)32(2)3)14-22(18)39-24(19)34/h4-8,14,30-31H,9-13,15H2,1-3H3. The predicted molar refractivity (Wildman–Crippen MR) is 142 cm³/mol. The molecule has 10 nitrogen and oxygen atoms in total. The number of piperidine rings is 1. The Hall–Kier alpha value is -3.62. The van der Waals surface area contributed by atoms with Gasteiger partial charge in [-0.3, -0.25) is 9.62 Å². The highest BCUT2D eigenvalue weighted by Crippen LogP contribution is 2.32. The van der Waals surface area contributed by atoms with Gasteiger partial charge >= 0.3 is 11.7 Å². The molecule has 0 saturated carbocycles. The third-order valence-corrected chi connectivity index (χ3v) is 7.62. The molecule has 0 radical (unpaired) electrons. The van der Waals surface area contributed by atoms with Crippen LogP contribution in [0.4, 0.5) is 23.7 Å². The van der Waals surface area contributed by atoms with Crippen molar-refractivity contribution in [2.24, 2.45) is 0 Å². The Morgan fingerprint density at radius 1 is 1.15 bits per heavy atom. The summed E-state index contributed by atoms with van der Waals surface area (Å²) in [5.74, 6) is -3.52. The first-order valence-corrected chi connectivity index (χ1v) is 13.8.